The summed E-state index contributed by atoms with van der Waals surface area (Å²) in [6.45, 7) is 4.87. The molecule has 0 spiro atoms. The lowest BCUT2D eigenvalue weighted by atomic mass is 9.50. The molecule has 58 heavy (non-hydrogen) atoms. The van der Waals surface area contributed by atoms with Gasteiger partial charge in [-0.3, -0.25) is 10.6 Å². The number of rotatable bonds is 7. The topological polar surface area (TPSA) is 33.3 Å². The predicted molar refractivity (Wildman–Crippen MR) is 242 cm³/mol. The molecule has 312 valence electrons. The fraction of sp³-hybridized carbons (Fsp3) is 0.673. The van der Waals surface area contributed by atoms with E-state index in [0.717, 1.165) is 5.92 Å². The van der Waals surface area contributed by atoms with Crippen LogP contribution in [0.3, 0.4) is 0 Å². The molecule has 0 aromatic heterocycles. The smallest absolute Gasteiger partial charge is 0.0798 e. The molecule has 10 rings (SSSR count). The number of ether oxygens (including phenoxy) is 1. The van der Waals surface area contributed by atoms with Gasteiger partial charge in [0.25, 0.3) is 0 Å². The summed E-state index contributed by atoms with van der Waals surface area (Å²) in [5.74, 6) is 4.87. The van der Waals surface area contributed by atoms with Gasteiger partial charge in [0, 0.05) is 29.3 Å². The van der Waals surface area contributed by atoms with Crippen LogP contribution in [-0.2, 0) is 4.74 Å². The van der Waals surface area contributed by atoms with Crippen LogP contribution in [0.1, 0.15) is 149 Å². The summed E-state index contributed by atoms with van der Waals surface area (Å²) in [4.78, 5) is 0. The summed E-state index contributed by atoms with van der Waals surface area (Å²) in [5, 5.41) is 8.67. The number of nitrogens with one attached hydrogen (secondary N) is 2. The van der Waals surface area contributed by atoms with Crippen LogP contribution in [-0.4, -0.2) is 30.5 Å². The van der Waals surface area contributed by atoms with Crippen LogP contribution in [0, 0.1) is 52.8 Å². The third-order valence-electron chi connectivity index (χ3n) is 17.4. The number of allylic oxidation sites excluding steroid dienone is 14. The van der Waals surface area contributed by atoms with Gasteiger partial charge < -0.3 is 4.74 Å². The molecule has 0 amide bonds. The van der Waals surface area contributed by atoms with Crippen LogP contribution in [0.2, 0.25) is 0 Å². The SMILES string of the molecule is CC1CCC=CC1C1=CCC(C2CC(C3CCCCC3C3=CC(C4(C5C=CCCC5)C5=CCCCC5OC5C[C@H](C)C=CC54)=CCC3)NC(C3=CCCCC3)N2)C=C1. The molecular weight excluding hydrogens is 705 g/mol. The average Bonchev–Trinajstić information content (AvgIpc) is 3.29. The maximum Gasteiger partial charge on any atom is 0.0798 e. The van der Waals surface area contributed by atoms with Gasteiger partial charge in [0.15, 0.2) is 0 Å². The Balaban J connectivity index is 0.972. The van der Waals surface area contributed by atoms with Crippen LogP contribution in [0.25, 0.3) is 0 Å². The Labute approximate surface area is 352 Å². The lowest BCUT2D eigenvalue weighted by molar-refractivity contribution is -0.106. The van der Waals surface area contributed by atoms with E-state index in [4.69, 9.17) is 4.74 Å². The highest BCUT2D eigenvalue weighted by molar-refractivity contribution is 5.49. The van der Waals surface area contributed by atoms with Crippen LogP contribution in [0.4, 0.5) is 0 Å². The lowest BCUT2D eigenvalue weighted by Crippen LogP contribution is -2.63. The zero-order valence-electron chi connectivity index (χ0n) is 36.3. The summed E-state index contributed by atoms with van der Waals surface area (Å²) in [5.41, 5.74) is 8.40. The van der Waals surface area contributed by atoms with E-state index in [1.807, 2.05) is 0 Å². The minimum absolute atomic E-state index is 0.0267. The molecule has 0 radical (unpaired) electrons. The highest BCUT2D eigenvalue weighted by Gasteiger charge is 2.58. The number of fused-ring (bicyclic) bond motifs is 2. The first-order valence-electron chi connectivity index (χ1n) is 24.9. The maximum atomic E-state index is 7.18. The second-order valence-corrected chi connectivity index (χ2v) is 20.9. The summed E-state index contributed by atoms with van der Waals surface area (Å²) in [6, 6.07) is 1.07. The fourth-order valence-corrected chi connectivity index (χ4v) is 14.5. The zero-order chi connectivity index (χ0) is 39.1. The largest absolute Gasteiger partial charge is 0.370 e. The molecule has 3 fully saturated rings. The number of hydrogen-bond acceptors (Lipinski definition) is 3. The van der Waals surface area contributed by atoms with Gasteiger partial charge in [-0.25, -0.2) is 0 Å². The van der Waals surface area contributed by atoms with Crippen LogP contribution >= 0.6 is 0 Å². The van der Waals surface area contributed by atoms with Crippen molar-refractivity contribution in [2.75, 3.05) is 0 Å². The summed E-state index contributed by atoms with van der Waals surface area (Å²) in [7, 11) is 0. The van der Waals surface area contributed by atoms with E-state index in [-0.39, 0.29) is 11.5 Å². The highest BCUT2D eigenvalue weighted by atomic mass is 16.5. The van der Waals surface area contributed by atoms with Crippen molar-refractivity contribution in [3.8, 4) is 0 Å². The molecule has 0 aromatic rings. The van der Waals surface area contributed by atoms with E-state index < -0.39 is 0 Å². The molecule has 8 aliphatic carbocycles. The van der Waals surface area contributed by atoms with Crippen LogP contribution < -0.4 is 10.6 Å². The summed E-state index contributed by atoms with van der Waals surface area (Å²) >= 11 is 0. The van der Waals surface area contributed by atoms with Gasteiger partial charge in [-0.05, 0) is 180 Å². The molecule has 13 unspecified atom stereocenters. The van der Waals surface area contributed by atoms with Gasteiger partial charge in [-0.2, -0.15) is 0 Å². The van der Waals surface area contributed by atoms with Gasteiger partial charge in [-0.15, -0.1) is 0 Å². The van der Waals surface area contributed by atoms with Crippen molar-refractivity contribution in [3.63, 3.8) is 0 Å². The molecule has 14 atom stereocenters. The van der Waals surface area contributed by atoms with Crippen molar-refractivity contribution < 1.29 is 4.74 Å². The first-order chi connectivity index (χ1) is 28.6. The Bertz CT molecular complexity index is 1780. The fourth-order valence-electron chi connectivity index (χ4n) is 14.5. The van der Waals surface area contributed by atoms with Gasteiger partial charge in [0.05, 0.1) is 18.4 Å². The quantitative estimate of drug-likeness (QED) is 0.253. The van der Waals surface area contributed by atoms with Crippen molar-refractivity contribution in [3.05, 3.63) is 107 Å². The Morgan fingerprint density at radius 2 is 1.55 bits per heavy atom. The van der Waals surface area contributed by atoms with Crippen LogP contribution in [0.15, 0.2) is 107 Å². The molecule has 0 bridgehead atoms. The maximum absolute atomic E-state index is 7.18. The monoisotopic (exact) mass is 781 g/mol. The molecular formula is C55H76N2O. The van der Waals surface area contributed by atoms with Gasteiger partial charge in [0.1, 0.15) is 0 Å². The van der Waals surface area contributed by atoms with Gasteiger partial charge in [0.2, 0.25) is 0 Å². The van der Waals surface area contributed by atoms with E-state index >= 15 is 0 Å². The Morgan fingerprint density at radius 3 is 2.40 bits per heavy atom. The Morgan fingerprint density at radius 1 is 0.672 bits per heavy atom. The van der Waals surface area contributed by atoms with Gasteiger partial charge in [-0.1, -0.05) is 111 Å². The standard InChI is InChI=1S/C55H76N2O/c1-37-28-33-49-53(34-37)58-52-27-14-13-26-48(52)55(49,43-20-7-4-8-21-43)44-22-15-19-42(35-44)46-24-11-12-25-47(46)51-36-50(56-54(57-51)41-17-5-3-6-18-41)40-31-29-39(30-32-40)45-23-10-9-16-38(45)2/h7,10,17,20,22-23,26,28-31,33,35,37-38,40,43,45-47,49-54,56-57H,3-6,8-9,11-16,18-19,21,24-25,27,32,34,36H2,1-2H3/t37-,38?,40?,43?,45?,46?,47?,49?,50?,51?,52?,53?,54?,55?/m1/s1. The van der Waals surface area contributed by atoms with E-state index in [9.17, 15) is 0 Å². The normalized spacial score (nSPS) is 44.2. The van der Waals surface area contributed by atoms with E-state index in [0.29, 0.717) is 65.8 Å². The molecule has 0 aromatic carbocycles. The first kappa shape index (κ1) is 39.7. The number of hydrogen-bond donors (Lipinski definition) is 2. The minimum Gasteiger partial charge on any atom is -0.370 e. The Kier molecular flexibility index (Phi) is 12.0. The molecule has 2 N–H and O–H groups in total. The minimum atomic E-state index is 0.0267. The Hall–Kier alpha value is -2.46. The lowest BCUT2D eigenvalue weighted by Gasteiger charge is -2.58. The first-order valence-corrected chi connectivity index (χ1v) is 24.9. The molecule has 3 nitrogen and oxygen atoms in total. The van der Waals surface area contributed by atoms with E-state index in [2.05, 4.69) is 103 Å². The average molecular weight is 781 g/mol. The second kappa shape index (κ2) is 17.5. The van der Waals surface area contributed by atoms with E-state index in [1.165, 1.54) is 135 Å². The molecule has 10 aliphatic rings. The van der Waals surface area contributed by atoms with Crippen molar-refractivity contribution >= 4 is 0 Å². The predicted octanol–water partition coefficient (Wildman–Crippen LogP) is 13.1. The van der Waals surface area contributed by atoms with Crippen LogP contribution in [0.5, 0.6) is 0 Å². The highest BCUT2D eigenvalue weighted by Crippen LogP contribution is 2.62. The summed E-state index contributed by atoms with van der Waals surface area (Å²) < 4.78 is 7.18. The summed E-state index contributed by atoms with van der Waals surface area (Å²) in [6.07, 6.45) is 61.9. The molecule has 3 heteroatoms. The van der Waals surface area contributed by atoms with Crippen molar-refractivity contribution in [1.29, 1.82) is 0 Å². The van der Waals surface area contributed by atoms with Crippen molar-refractivity contribution in [2.45, 2.75) is 179 Å². The van der Waals surface area contributed by atoms with Crippen molar-refractivity contribution in [1.82, 2.24) is 10.6 Å². The molecule has 2 heterocycles. The molecule has 2 saturated heterocycles. The molecule has 2 aliphatic heterocycles. The zero-order valence-corrected chi connectivity index (χ0v) is 36.3. The second-order valence-electron chi connectivity index (χ2n) is 20.9. The van der Waals surface area contributed by atoms with Crippen molar-refractivity contribution in [2.24, 2.45) is 52.8 Å². The third-order valence-corrected chi connectivity index (χ3v) is 17.4. The molecule has 1 saturated carbocycles. The third kappa shape index (κ3) is 7.59. The van der Waals surface area contributed by atoms with E-state index in [1.54, 1.807) is 27.9 Å². The van der Waals surface area contributed by atoms with Gasteiger partial charge >= 0.3 is 0 Å².